The van der Waals surface area contributed by atoms with Gasteiger partial charge in [-0.1, -0.05) is 30.0 Å². The van der Waals surface area contributed by atoms with Crippen LogP contribution in [0.4, 0.5) is 4.39 Å². The zero-order chi connectivity index (χ0) is 11.3. The molecule has 15 heavy (non-hydrogen) atoms. The van der Waals surface area contributed by atoms with E-state index in [1.165, 1.54) is 17.8 Å². The van der Waals surface area contributed by atoms with Gasteiger partial charge in [-0.25, -0.2) is 4.39 Å². The fourth-order valence-electron chi connectivity index (χ4n) is 1.12. The zero-order valence-electron chi connectivity index (χ0n) is 8.79. The third-order valence-corrected chi connectivity index (χ3v) is 2.64. The molecule has 0 atom stereocenters. The molecule has 0 spiro atoms. The maximum atomic E-state index is 12.9. The third kappa shape index (κ3) is 4.30. The highest BCUT2D eigenvalue weighted by molar-refractivity contribution is 8.13. The molecule has 1 rings (SSSR count). The normalized spacial score (nSPS) is 10.9. The number of thioether (sulfide) groups is 1. The molecule has 0 amide bonds. The van der Waals surface area contributed by atoms with Gasteiger partial charge < -0.3 is 0 Å². The summed E-state index contributed by atoms with van der Waals surface area (Å²) in [5.74, 6) is 0.469. The van der Waals surface area contributed by atoms with E-state index in [9.17, 15) is 9.18 Å². The average molecular weight is 224 g/mol. The Morgan fingerprint density at radius 3 is 2.87 bits per heavy atom. The zero-order valence-corrected chi connectivity index (χ0v) is 9.60. The van der Waals surface area contributed by atoms with Crippen LogP contribution >= 0.6 is 11.8 Å². The minimum Gasteiger partial charge on any atom is -0.288 e. The van der Waals surface area contributed by atoms with E-state index in [1.54, 1.807) is 26.0 Å². The molecule has 0 bridgehead atoms. The van der Waals surface area contributed by atoms with Crippen molar-refractivity contribution in [2.24, 2.45) is 0 Å². The van der Waals surface area contributed by atoms with Gasteiger partial charge in [0, 0.05) is 12.7 Å². The number of carbonyl (C=O) groups excluding carboxylic acids is 1. The van der Waals surface area contributed by atoms with E-state index in [-0.39, 0.29) is 10.9 Å². The van der Waals surface area contributed by atoms with Gasteiger partial charge in [0.15, 0.2) is 5.12 Å². The molecule has 0 aromatic heterocycles. The highest BCUT2D eigenvalue weighted by Gasteiger charge is 1.96. The fourth-order valence-corrected chi connectivity index (χ4v) is 1.55. The molecule has 0 aliphatic carbocycles. The number of hydrogen-bond donors (Lipinski definition) is 0. The van der Waals surface area contributed by atoms with Crippen molar-refractivity contribution < 1.29 is 9.18 Å². The molecule has 1 aromatic carbocycles. The second-order valence-electron chi connectivity index (χ2n) is 3.21. The molecule has 0 N–H and O–H groups in total. The molecular weight excluding hydrogens is 211 g/mol. The lowest BCUT2D eigenvalue weighted by molar-refractivity contribution is -0.109. The van der Waals surface area contributed by atoms with Crippen molar-refractivity contribution in [3.05, 3.63) is 41.2 Å². The first-order valence-corrected chi connectivity index (χ1v) is 5.64. The summed E-state index contributed by atoms with van der Waals surface area (Å²) >= 11 is 1.26. The molecule has 0 aliphatic heterocycles. The molecule has 1 nitrogen and oxygen atoms in total. The van der Waals surface area contributed by atoms with Gasteiger partial charge in [-0.15, -0.1) is 0 Å². The third-order valence-electron chi connectivity index (χ3n) is 1.88. The Labute approximate surface area is 93.4 Å². The molecule has 0 saturated carbocycles. The molecule has 1 aromatic rings. The lowest BCUT2D eigenvalue weighted by Crippen LogP contribution is -1.84. The predicted octanol–water partition coefficient (Wildman–Crippen LogP) is 3.43. The van der Waals surface area contributed by atoms with Crippen molar-refractivity contribution in [3.63, 3.8) is 0 Å². The Hall–Kier alpha value is -1.09. The molecule has 0 unspecified atom stereocenters. The second-order valence-corrected chi connectivity index (χ2v) is 4.41. The van der Waals surface area contributed by atoms with Gasteiger partial charge in [0.05, 0.1) is 0 Å². The maximum Gasteiger partial charge on any atom is 0.186 e. The fraction of sp³-hybridized carbons (Fsp3) is 0.250. The number of benzene rings is 1. The van der Waals surface area contributed by atoms with Crippen LogP contribution < -0.4 is 0 Å². The molecule has 0 heterocycles. The van der Waals surface area contributed by atoms with E-state index in [4.69, 9.17) is 0 Å². The van der Waals surface area contributed by atoms with Crippen molar-refractivity contribution in [1.82, 2.24) is 0 Å². The van der Waals surface area contributed by atoms with Gasteiger partial charge in [0.25, 0.3) is 0 Å². The van der Waals surface area contributed by atoms with Gasteiger partial charge in [0.2, 0.25) is 0 Å². The molecule has 0 fully saturated rings. The van der Waals surface area contributed by atoms with Crippen LogP contribution in [0.2, 0.25) is 0 Å². The van der Waals surface area contributed by atoms with E-state index in [1.807, 2.05) is 12.2 Å². The monoisotopic (exact) mass is 224 g/mol. The first-order valence-electron chi connectivity index (χ1n) is 4.65. The SMILES string of the molecule is CC(=O)SCC=Cc1ccc(F)c(C)c1. The lowest BCUT2D eigenvalue weighted by atomic mass is 10.1. The summed E-state index contributed by atoms with van der Waals surface area (Å²) in [7, 11) is 0. The molecule has 80 valence electrons. The van der Waals surface area contributed by atoms with E-state index in [0.29, 0.717) is 11.3 Å². The Morgan fingerprint density at radius 1 is 1.53 bits per heavy atom. The van der Waals surface area contributed by atoms with Crippen molar-refractivity contribution in [2.75, 3.05) is 5.75 Å². The summed E-state index contributed by atoms with van der Waals surface area (Å²) in [5, 5.41) is 0.106. The number of carbonyl (C=O) groups is 1. The van der Waals surface area contributed by atoms with Crippen LogP contribution in [-0.2, 0) is 4.79 Å². The van der Waals surface area contributed by atoms with Crippen LogP contribution in [0, 0.1) is 12.7 Å². The Bertz CT molecular complexity index is 385. The van der Waals surface area contributed by atoms with Crippen molar-refractivity contribution in [1.29, 1.82) is 0 Å². The van der Waals surface area contributed by atoms with Crippen LogP contribution in [0.3, 0.4) is 0 Å². The summed E-state index contributed by atoms with van der Waals surface area (Å²) in [6.07, 6.45) is 3.79. The van der Waals surface area contributed by atoms with Gasteiger partial charge in [-0.05, 0) is 30.2 Å². The van der Waals surface area contributed by atoms with Crippen LogP contribution in [0.5, 0.6) is 0 Å². The smallest absolute Gasteiger partial charge is 0.186 e. The van der Waals surface area contributed by atoms with E-state index in [2.05, 4.69) is 0 Å². The Kier molecular flexibility index (Phi) is 4.56. The molecule has 0 radical (unpaired) electrons. The summed E-state index contributed by atoms with van der Waals surface area (Å²) in [4.78, 5) is 10.6. The van der Waals surface area contributed by atoms with Gasteiger partial charge in [-0.3, -0.25) is 4.79 Å². The average Bonchev–Trinajstić information content (AvgIpc) is 2.18. The van der Waals surface area contributed by atoms with Gasteiger partial charge in [0.1, 0.15) is 5.82 Å². The topological polar surface area (TPSA) is 17.1 Å². The maximum absolute atomic E-state index is 12.9. The van der Waals surface area contributed by atoms with Gasteiger partial charge in [-0.2, -0.15) is 0 Å². The minimum absolute atomic E-state index is 0.106. The summed E-state index contributed by atoms with van der Waals surface area (Å²) < 4.78 is 12.9. The van der Waals surface area contributed by atoms with Gasteiger partial charge >= 0.3 is 0 Å². The molecule has 0 saturated heterocycles. The summed E-state index contributed by atoms with van der Waals surface area (Å²) in [6, 6.07) is 4.95. The van der Waals surface area contributed by atoms with E-state index < -0.39 is 0 Å². The number of hydrogen-bond acceptors (Lipinski definition) is 2. The highest BCUT2D eigenvalue weighted by Crippen LogP contribution is 2.11. The number of rotatable bonds is 3. The van der Waals surface area contributed by atoms with Crippen LogP contribution in [0.1, 0.15) is 18.1 Å². The molecule has 3 heteroatoms. The Morgan fingerprint density at radius 2 is 2.27 bits per heavy atom. The van der Waals surface area contributed by atoms with Crippen molar-refractivity contribution in [2.45, 2.75) is 13.8 Å². The number of halogens is 1. The van der Waals surface area contributed by atoms with Crippen LogP contribution in [0.15, 0.2) is 24.3 Å². The minimum atomic E-state index is -0.190. The standard InChI is InChI=1S/C12H13FOS/c1-9-8-11(5-6-12(9)13)4-3-7-15-10(2)14/h3-6,8H,7H2,1-2H3. The number of aryl methyl sites for hydroxylation is 1. The predicted molar refractivity (Wildman–Crippen MR) is 63.3 cm³/mol. The summed E-state index contributed by atoms with van der Waals surface area (Å²) in [5.41, 5.74) is 1.59. The largest absolute Gasteiger partial charge is 0.288 e. The van der Waals surface area contributed by atoms with Crippen molar-refractivity contribution in [3.8, 4) is 0 Å². The molecule has 0 aliphatic rings. The first-order chi connectivity index (χ1) is 7.09. The van der Waals surface area contributed by atoms with Crippen LogP contribution in [0.25, 0.3) is 6.08 Å². The van der Waals surface area contributed by atoms with Crippen LogP contribution in [-0.4, -0.2) is 10.9 Å². The lowest BCUT2D eigenvalue weighted by Gasteiger charge is -1.97. The molecular formula is C12H13FOS. The van der Waals surface area contributed by atoms with E-state index in [0.717, 1.165) is 5.56 Å². The first kappa shape index (κ1) is 12.0. The highest BCUT2D eigenvalue weighted by atomic mass is 32.2. The Balaban J connectivity index is 2.57. The van der Waals surface area contributed by atoms with Crippen molar-refractivity contribution >= 4 is 23.0 Å². The quantitative estimate of drug-likeness (QED) is 0.782. The van der Waals surface area contributed by atoms with E-state index >= 15 is 0 Å². The summed E-state index contributed by atoms with van der Waals surface area (Å²) in [6.45, 7) is 3.28. The second kappa shape index (κ2) is 5.71.